The molecule has 0 spiro atoms. The first-order valence-corrected chi connectivity index (χ1v) is 16.2. The van der Waals surface area contributed by atoms with Crippen LogP contribution in [0.5, 0.6) is 5.75 Å². The molecule has 0 amide bonds. The Morgan fingerprint density at radius 1 is 0.694 bits per heavy atom. The van der Waals surface area contributed by atoms with Gasteiger partial charge in [0.15, 0.2) is 0 Å². The third-order valence-corrected chi connectivity index (χ3v) is 13.7. The van der Waals surface area contributed by atoms with Crippen molar-refractivity contribution in [2.75, 3.05) is 6.16 Å². The molecule has 0 saturated heterocycles. The zero-order valence-electron chi connectivity index (χ0n) is 19.8. The molecule has 2 nitrogen and oxygen atoms in total. The van der Waals surface area contributed by atoms with Gasteiger partial charge in [0, 0.05) is 0 Å². The van der Waals surface area contributed by atoms with Crippen LogP contribution in [0.15, 0.2) is 133 Å². The van der Waals surface area contributed by atoms with Gasteiger partial charge >= 0.3 is 222 Å². The summed E-state index contributed by atoms with van der Waals surface area (Å²) in [6.07, 6.45) is 3.15. The molecule has 1 heterocycles. The van der Waals surface area contributed by atoms with Crippen molar-refractivity contribution in [3.05, 3.63) is 138 Å². The first-order valence-electron chi connectivity index (χ1n) is 11.9. The first kappa shape index (κ1) is 24.6. The van der Waals surface area contributed by atoms with Crippen molar-refractivity contribution < 1.29 is 9.53 Å². The molecule has 0 saturated carbocycles. The Bertz CT molecular complexity index is 1270. The van der Waals surface area contributed by atoms with Gasteiger partial charge in [0.05, 0.1) is 0 Å². The van der Waals surface area contributed by atoms with Crippen LogP contribution in [0.25, 0.3) is 4.91 Å². The predicted octanol–water partition coefficient (Wildman–Crippen LogP) is 6.96. The van der Waals surface area contributed by atoms with Crippen LogP contribution in [0.2, 0.25) is 0 Å². The van der Waals surface area contributed by atoms with E-state index in [9.17, 15) is 4.79 Å². The fraction of sp³-hybridized carbons (Fsp3) is 0.0645. The number of rotatable bonds is 8. The molecule has 0 bridgehead atoms. The van der Waals surface area contributed by atoms with Crippen LogP contribution in [-0.2, 0) is 4.79 Å². The second-order valence-corrected chi connectivity index (χ2v) is 15.0. The standard InChI is InChI=1S/C31H27O2PS2/c1-24-23-30(36-35-24)25-17-19-26(20-18-25)33-31(32)21-22-34(27-11-5-2-6-12-27,28-13-7-3-8-14-28)29-15-9-4-10-16-29/h2-20,23,34H,1,21-22H2. The molecule has 1 aliphatic rings. The van der Waals surface area contributed by atoms with Gasteiger partial charge in [-0.05, 0) is 0 Å². The normalized spacial score (nSPS) is 13.8. The molecule has 0 fully saturated rings. The second kappa shape index (κ2) is 11.3. The van der Waals surface area contributed by atoms with Crippen molar-refractivity contribution in [2.24, 2.45) is 0 Å². The minimum atomic E-state index is -2.46. The van der Waals surface area contributed by atoms with E-state index in [0.29, 0.717) is 12.2 Å². The van der Waals surface area contributed by atoms with Gasteiger partial charge in [0.1, 0.15) is 0 Å². The zero-order valence-corrected chi connectivity index (χ0v) is 22.4. The van der Waals surface area contributed by atoms with Crippen LogP contribution < -0.4 is 20.7 Å². The van der Waals surface area contributed by atoms with E-state index in [2.05, 4.69) is 85.5 Å². The molecule has 0 aromatic heterocycles. The number of allylic oxidation sites excluding steroid dienone is 1. The van der Waals surface area contributed by atoms with Crippen molar-refractivity contribution in [3.63, 3.8) is 0 Å². The molecule has 0 radical (unpaired) electrons. The van der Waals surface area contributed by atoms with Crippen LogP contribution in [0.1, 0.15) is 12.0 Å². The Labute approximate surface area is 221 Å². The van der Waals surface area contributed by atoms with Crippen molar-refractivity contribution in [3.8, 4) is 5.75 Å². The number of benzene rings is 4. The second-order valence-electron chi connectivity index (χ2n) is 8.64. The topological polar surface area (TPSA) is 26.3 Å². The SMILES string of the molecule is C=C1C=C(c2ccc(OC(=O)CC[PH](c3ccccc3)(c3ccccc3)c3ccccc3)cc2)SS1. The van der Waals surface area contributed by atoms with Crippen molar-refractivity contribution >= 4 is 55.6 Å². The van der Waals surface area contributed by atoms with Gasteiger partial charge in [-0.1, -0.05) is 0 Å². The average Bonchev–Trinajstić information content (AvgIpc) is 3.37. The molecule has 0 aliphatic carbocycles. The van der Waals surface area contributed by atoms with Crippen LogP contribution in [0, 0.1) is 0 Å². The maximum atomic E-state index is 13.1. The molecule has 5 rings (SSSR count). The van der Waals surface area contributed by atoms with Gasteiger partial charge in [-0.2, -0.15) is 0 Å². The fourth-order valence-electron chi connectivity index (χ4n) is 4.68. The Morgan fingerprint density at radius 2 is 1.19 bits per heavy atom. The summed E-state index contributed by atoms with van der Waals surface area (Å²) in [5, 5.41) is 3.88. The monoisotopic (exact) mass is 526 g/mol. The summed E-state index contributed by atoms with van der Waals surface area (Å²) in [4.78, 5) is 15.3. The number of carbonyl (C=O) groups excluding carboxylic acids is 1. The van der Waals surface area contributed by atoms with Crippen LogP contribution in [0.3, 0.4) is 0 Å². The summed E-state index contributed by atoms with van der Waals surface area (Å²) in [7, 11) is 0.911. The Balaban J connectivity index is 1.40. The molecular formula is C31H27O2PS2. The molecule has 0 unspecified atom stereocenters. The van der Waals surface area contributed by atoms with Gasteiger partial charge in [0.2, 0.25) is 0 Å². The van der Waals surface area contributed by atoms with E-state index in [0.717, 1.165) is 16.6 Å². The van der Waals surface area contributed by atoms with E-state index in [1.807, 2.05) is 42.5 Å². The number of carbonyl (C=O) groups is 1. The van der Waals surface area contributed by atoms with E-state index in [1.165, 1.54) is 20.8 Å². The van der Waals surface area contributed by atoms with Gasteiger partial charge in [-0.25, -0.2) is 0 Å². The number of hydrogen-bond acceptors (Lipinski definition) is 4. The molecule has 36 heavy (non-hydrogen) atoms. The first-order chi connectivity index (χ1) is 17.6. The summed E-state index contributed by atoms with van der Waals surface area (Å²) in [6.45, 7) is 3.99. The van der Waals surface area contributed by atoms with E-state index in [4.69, 9.17) is 4.74 Å². The number of hydrogen-bond donors (Lipinski definition) is 0. The summed E-state index contributed by atoms with van der Waals surface area (Å²) < 4.78 is 5.79. The molecule has 0 atom stereocenters. The predicted molar refractivity (Wildman–Crippen MR) is 160 cm³/mol. The molecule has 4 aromatic rings. The van der Waals surface area contributed by atoms with E-state index in [1.54, 1.807) is 21.6 Å². The van der Waals surface area contributed by atoms with Crippen molar-refractivity contribution in [2.45, 2.75) is 6.42 Å². The van der Waals surface area contributed by atoms with E-state index < -0.39 is 7.26 Å². The van der Waals surface area contributed by atoms with Gasteiger partial charge in [0.25, 0.3) is 0 Å². The Hall–Kier alpha value is -3.04. The van der Waals surface area contributed by atoms with Crippen LogP contribution in [0.4, 0.5) is 0 Å². The summed E-state index contributed by atoms with van der Waals surface area (Å²) in [6, 6.07) is 39.7. The van der Waals surface area contributed by atoms with Gasteiger partial charge in [-0.3, -0.25) is 0 Å². The summed E-state index contributed by atoms with van der Waals surface area (Å²) >= 11 is 0. The molecule has 180 valence electrons. The minimum absolute atomic E-state index is 0.208. The molecular weight excluding hydrogens is 499 g/mol. The number of ether oxygens (including phenoxy) is 1. The van der Waals surface area contributed by atoms with Crippen LogP contribution >= 0.6 is 28.9 Å². The number of esters is 1. The fourth-order valence-corrected chi connectivity index (χ4v) is 11.4. The Kier molecular flexibility index (Phi) is 7.77. The molecule has 1 aliphatic heterocycles. The van der Waals surface area contributed by atoms with E-state index in [-0.39, 0.29) is 5.97 Å². The average molecular weight is 527 g/mol. The third-order valence-electron chi connectivity index (χ3n) is 6.40. The maximum absolute atomic E-state index is 13.1. The molecule has 5 heteroatoms. The van der Waals surface area contributed by atoms with Crippen molar-refractivity contribution in [1.82, 2.24) is 0 Å². The summed E-state index contributed by atoms with van der Waals surface area (Å²) in [5.74, 6) is 0.367. The van der Waals surface area contributed by atoms with Gasteiger partial charge < -0.3 is 0 Å². The Morgan fingerprint density at radius 3 is 1.64 bits per heavy atom. The van der Waals surface area contributed by atoms with Gasteiger partial charge in [-0.15, -0.1) is 0 Å². The quantitative estimate of drug-likeness (QED) is 0.107. The zero-order chi connectivity index (χ0) is 24.8. The third kappa shape index (κ3) is 5.37. The molecule has 4 aromatic carbocycles. The molecule has 0 N–H and O–H groups in total. The van der Waals surface area contributed by atoms with Crippen molar-refractivity contribution in [1.29, 1.82) is 0 Å². The van der Waals surface area contributed by atoms with Crippen LogP contribution in [-0.4, -0.2) is 12.1 Å². The summed E-state index contributed by atoms with van der Waals surface area (Å²) in [5.41, 5.74) is 1.11. The van der Waals surface area contributed by atoms with E-state index >= 15 is 0 Å².